The van der Waals surface area contributed by atoms with Crippen molar-refractivity contribution in [2.24, 2.45) is 4.99 Å². The lowest BCUT2D eigenvalue weighted by Crippen LogP contribution is -1.89. The number of hydrogen-bond acceptors (Lipinski definition) is 4. The average Bonchev–Trinajstić information content (AvgIpc) is 2.41. The van der Waals surface area contributed by atoms with Crippen molar-refractivity contribution >= 4 is 40.8 Å². The van der Waals surface area contributed by atoms with Crippen LogP contribution in [0, 0.1) is 10.1 Å². The third-order valence-electron chi connectivity index (χ3n) is 2.49. The van der Waals surface area contributed by atoms with Crippen molar-refractivity contribution in [3.63, 3.8) is 0 Å². The number of phenolic OH excluding ortho intramolecular Hbond substituents is 1. The van der Waals surface area contributed by atoms with Crippen molar-refractivity contribution in [3.05, 3.63) is 62.1 Å². The van der Waals surface area contributed by atoms with Gasteiger partial charge in [0.15, 0.2) is 0 Å². The maximum absolute atomic E-state index is 10.8. The lowest BCUT2D eigenvalue weighted by molar-refractivity contribution is -0.384. The quantitative estimate of drug-likeness (QED) is 0.520. The SMILES string of the molecule is O=[N+]([O-])c1cccc(/N=C/c2cc(Cl)ccc2O)c1Cl. The van der Waals surface area contributed by atoms with Crippen molar-refractivity contribution in [2.75, 3.05) is 0 Å². The zero-order valence-corrected chi connectivity index (χ0v) is 11.5. The highest BCUT2D eigenvalue weighted by Crippen LogP contribution is 2.33. The summed E-state index contributed by atoms with van der Waals surface area (Å²) in [6, 6.07) is 8.79. The van der Waals surface area contributed by atoms with Gasteiger partial charge in [-0.25, -0.2) is 0 Å². The first kappa shape index (κ1) is 14.3. The maximum atomic E-state index is 10.8. The summed E-state index contributed by atoms with van der Waals surface area (Å²) in [5.74, 6) is -0.000275. The molecule has 20 heavy (non-hydrogen) atoms. The van der Waals surface area contributed by atoms with Gasteiger partial charge in [0.05, 0.1) is 10.6 Å². The van der Waals surface area contributed by atoms with Crippen LogP contribution in [0.15, 0.2) is 41.4 Å². The molecule has 0 aromatic heterocycles. The van der Waals surface area contributed by atoms with E-state index >= 15 is 0 Å². The largest absolute Gasteiger partial charge is 0.507 e. The van der Waals surface area contributed by atoms with Crippen LogP contribution in [-0.4, -0.2) is 16.2 Å². The zero-order chi connectivity index (χ0) is 14.7. The predicted molar refractivity (Wildman–Crippen MR) is 78.5 cm³/mol. The number of phenols is 1. The van der Waals surface area contributed by atoms with Gasteiger partial charge in [-0.2, -0.15) is 0 Å². The summed E-state index contributed by atoms with van der Waals surface area (Å²) < 4.78 is 0. The van der Waals surface area contributed by atoms with Crippen LogP contribution in [0.4, 0.5) is 11.4 Å². The molecule has 2 aromatic carbocycles. The normalized spacial score (nSPS) is 10.9. The first-order valence-corrected chi connectivity index (χ1v) is 6.20. The van der Waals surface area contributed by atoms with Gasteiger partial charge in [0.25, 0.3) is 5.69 Å². The minimum Gasteiger partial charge on any atom is -0.507 e. The number of nitro groups is 1. The maximum Gasteiger partial charge on any atom is 0.290 e. The zero-order valence-electron chi connectivity index (χ0n) is 9.96. The number of rotatable bonds is 3. The molecule has 0 radical (unpaired) electrons. The number of nitro benzene ring substituents is 1. The number of halogens is 2. The fraction of sp³-hybridized carbons (Fsp3) is 0. The molecule has 0 fully saturated rings. The van der Waals surface area contributed by atoms with Crippen LogP contribution in [0.25, 0.3) is 0 Å². The second-order valence-corrected chi connectivity index (χ2v) is 4.64. The summed E-state index contributed by atoms with van der Waals surface area (Å²) in [4.78, 5) is 14.2. The molecule has 0 heterocycles. The monoisotopic (exact) mass is 310 g/mol. The Bertz CT molecular complexity index is 702. The molecule has 2 aromatic rings. The Morgan fingerprint density at radius 3 is 2.70 bits per heavy atom. The molecule has 102 valence electrons. The Labute approximate surface area is 124 Å². The van der Waals surface area contributed by atoms with Crippen LogP contribution >= 0.6 is 23.2 Å². The molecular weight excluding hydrogens is 303 g/mol. The molecule has 5 nitrogen and oxygen atoms in total. The van der Waals surface area contributed by atoms with Crippen LogP contribution in [0.2, 0.25) is 10.0 Å². The molecule has 2 rings (SSSR count). The van der Waals surface area contributed by atoms with Crippen LogP contribution < -0.4 is 0 Å². The third kappa shape index (κ3) is 3.07. The molecule has 0 aliphatic rings. The smallest absolute Gasteiger partial charge is 0.290 e. The van der Waals surface area contributed by atoms with Crippen molar-refractivity contribution in [1.82, 2.24) is 0 Å². The van der Waals surface area contributed by atoms with Gasteiger partial charge in [-0.3, -0.25) is 15.1 Å². The third-order valence-corrected chi connectivity index (χ3v) is 3.11. The van der Waals surface area contributed by atoms with Crippen LogP contribution in [0.3, 0.4) is 0 Å². The van der Waals surface area contributed by atoms with Gasteiger partial charge in [-0.15, -0.1) is 0 Å². The van der Waals surface area contributed by atoms with Gasteiger partial charge in [0.2, 0.25) is 0 Å². The van der Waals surface area contributed by atoms with Gasteiger partial charge in [-0.05, 0) is 24.3 Å². The molecule has 0 spiro atoms. The molecule has 0 atom stereocenters. The van der Waals surface area contributed by atoms with Gasteiger partial charge in [-0.1, -0.05) is 29.3 Å². The van der Waals surface area contributed by atoms with E-state index in [4.69, 9.17) is 23.2 Å². The topological polar surface area (TPSA) is 75.7 Å². The fourth-order valence-corrected chi connectivity index (χ4v) is 1.94. The second kappa shape index (κ2) is 5.90. The summed E-state index contributed by atoms with van der Waals surface area (Å²) in [7, 11) is 0. The van der Waals surface area contributed by atoms with E-state index in [1.54, 1.807) is 0 Å². The highest BCUT2D eigenvalue weighted by molar-refractivity contribution is 6.35. The number of benzene rings is 2. The number of aromatic hydroxyl groups is 1. The summed E-state index contributed by atoms with van der Waals surface area (Å²) in [5.41, 5.74) is 0.400. The van der Waals surface area contributed by atoms with Crippen molar-refractivity contribution in [3.8, 4) is 5.75 Å². The highest BCUT2D eigenvalue weighted by Gasteiger charge is 2.14. The van der Waals surface area contributed by atoms with Crippen LogP contribution in [0.1, 0.15) is 5.56 Å². The highest BCUT2D eigenvalue weighted by atomic mass is 35.5. The molecule has 0 aliphatic heterocycles. The van der Waals surface area contributed by atoms with Gasteiger partial charge in [0.1, 0.15) is 10.8 Å². The van der Waals surface area contributed by atoms with E-state index in [1.165, 1.54) is 42.6 Å². The summed E-state index contributed by atoms with van der Waals surface area (Å²) in [5, 5.41) is 20.8. The molecule has 0 amide bonds. The fourth-order valence-electron chi connectivity index (χ4n) is 1.52. The number of nitrogens with zero attached hydrogens (tertiary/aromatic N) is 2. The van der Waals surface area contributed by atoms with E-state index in [1.807, 2.05) is 0 Å². The van der Waals surface area contributed by atoms with Crippen molar-refractivity contribution < 1.29 is 10.0 Å². The van der Waals surface area contributed by atoms with Gasteiger partial charge < -0.3 is 5.11 Å². The van der Waals surface area contributed by atoms with E-state index in [0.29, 0.717) is 10.6 Å². The Hall–Kier alpha value is -2.11. The molecule has 0 saturated carbocycles. The van der Waals surface area contributed by atoms with Crippen molar-refractivity contribution in [1.29, 1.82) is 0 Å². The Kier molecular flexibility index (Phi) is 4.22. The number of hydrogen-bond donors (Lipinski definition) is 1. The van der Waals surface area contributed by atoms with Gasteiger partial charge >= 0.3 is 0 Å². The van der Waals surface area contributed by atoms with Crippen molar-refractivity contribution in [2.45, 2.75) is 0 Å². The van der Waals surface area contributed by atoms with Crippen LogP contribution in [-0.2, 0) is 0 Å². The molecule has 0 saturated heterocycles. The number of aliphatic imine (C=N–C) groups is 1. The first-order chi connectivity index (χ1) is 9.49. The molecular formula is C13H8Cl2N2O3. The molecule has 0 bridgehead atoms. The minimum absolute atomic E-state index is 0.000275. The molecule has 7 heteroatoms. The van der Waals surface area contributed by atoms with E-state index in [2.05, 4.69) is 4.99 Å². The lowest BCUT2D eigenvalue weighted by atomic mass is 10.2. The van der Waals surface area contributed by atoms with Crippen LogP contribution in [0.5, 0.6) is 5.75 Å². The van der Waals surface area contributed by atoms with E-state index in [9.17, 15) is 15.2 Å². The summed E-state index contributed by atoms with van der Waals surface area (Å²) >= 11 is 11.7. The predicted octanol–water partition coefficient (Wildman–Crippen LogP) is 4.36. The van der Waals surface area contributed by atoms with E-state index < -0.39 is 4.92 Å². The second-order valence-electron chi connectivity index (χ2n) is 3.83. The molecule has 1 N–H and O–H groups in total. The van der Waals surface area contributed by atoms with E-state index in [0.717, 1.165) is 0 Å². The summed E-state index contributed by atoms with van der Waals surface area (Å²) in [6.45, 7) is 0. The first-order valence-electron chi connectivity index (χ1n) is 5.44. The molecule has 0 unspecified atom stereocenters. The Balaban J connectivity index is 2.39. The van der Waals surface area contributed by atoms with Gasteiger partial charge in [0, 0.05) is 22.9 Å². The standard InChI is InChI=1S/C13H8Cl2N2O3/c14-9-4-5-12(18)8(6-9)7-16-10-2-1-3-11(13(10)15)17(19)20/h1-7,18H/b16-7+. The minimum atomic E-state index is -0.585. The average molecular weight is 311 g/mol. The van der Waals surface area contributed by atoms with E-state index in [-0.39, 0.29) is 22.1 Å². The Morgan fingerprint density at radius 1 is 1.25 bits per heavy atom. The molecule has 0 aliphatic carbocycles. The lowest BCUT2D eigenvalue weighted by Gasteiger charge is -2.01. The Morgan fingerprint density at radius 2 is 2.00 bits per heavy atom. The summed E-state index contributed by atoms with van der Waals surface area (Å²) in [6.07, 6.45) is 1.34.